The number of benzene rings is 3. The molecule has 0 saturated heterocycles. The van der Waals surface area contributed by atoms with Crippen LogP contribution in [0.2, 0.25) is 0 Å². The van der Waals surface area contributed by atoms with Crippen LogP contribution in [-0.2, 0) is 4.79 Å². The van der Waals surface area contributed by atoms with Crippen molar-refractivity contribution in [1.29, 1.82) is 0 Å². The molecule has 1 aliphatic heterocycles. The molecule has 0 aromatic heterocycles. The average Bonchev–Trinajstić information content (AvgIpc) is 2.73. The maximum absolute atomic E-state index is 13.1. The van der Waals surface area contributed by atoms with E-state index in [-0.39, 0.29) is 11.8 Å². The molecule has 0 fully saturated rings. The number of hydrogen-bond donors (Lipinski definition) is 1. The second-order valence-electron chi connectivity index (χ2n) is 7.95. The van der Waals surface area contributed by atoms with Crippen molar-refractivity contribution in [2.45, 2.75) is 25.3 Å². The summed E-state index contributed by atoms with van der Waals surface area (Å²) in [5.74, 6) is 0.287. The summed E-state index contributed by atoms with van der Waals surface area (Å²) in [6.07, 6.45) is 2.55. The molecule has 28 heavy (non-hydrogen) atoms. The molecule has 0 saturated carbocycles. The number of ketones is 1. The number of carbonyl (C=O) groups excluding carboxylic acids is 1. The van der Waals surface area contributed by atoms with Gasteiger partial charge in [0.05, 0.1) is 6.04 Å². The normalized spacial score (nSPS) is 18.5. The van der Waals surface area contributed by atoms with Gasteiger partial charge in [-0.05, 0) is 52.9 Å². The highest BCUT2D eigenvalue weighted by atomic mass is 16.1. The van der Waals surface area contributed by atoms with Gasteiger partial charge in [-0.15, -0.1) is 0 Å². The molecule has 1 aliphatic carbocycles. The minimum Gasteiger partial charge on any atom is -0.378 e. The third-order valence-corrected chi connectivity index (χ3v) is 6.02. The van der Waals surface area contributed by atoms with Crippen molar-refractivity contribution in [2.75, 3.05) is 24.3 Å². The number of nitrogens with one attached hydrogen (secondary N) is 1. The topological polar surface area (TPSA) is 32.3 Å². The number of carbonyl (C=O) groups is 1. The van der Waals surface area contributed by atoms with Gasteiger partial charge in [0.2, 0.25) is 0 Å². The fraction of sp³-hybridized carbons (Fsp3) is 0.240. The first-order valence-corrected chi connectivity index (χ1v) is 9.95. The molecule has 140 valence electrons. The number of anilines is 2. The van der Waals surface area contributed by atoms with Crippen molar-refractivity contribution < 1.29 is 4.79 Å². The average molecular weight is 368 g/mol. The summed E-state index contributed by atoms with van der Waals surface area (Å²) < 4.78 is 0. The molecule has 3 nitrogen and oxygen atoms in total. The van der Waals surface area contributed by atoms with Crippen molar-refractivity contribution in [3.05, 3.63) is 77.4 Å². The minimum absolute atomic E-state index is 0.0594. The summed E-state index contributed by atoms with van der Waals surface area (Å²) in [4.78, 5) is 15.2. The van der Waals surface area contributed by atoms with Gasteiger partial charge in [0.25, 0.3) is 0 Å². The molecule has 0 unspecified atom stereocenters. The highest BCUT2D eigenvalue weighted by Gasteiger charge is 2.34. The number of nitrogens with zero attached hydrogens (tertiary/aromatic N) is 1. The third-order valence-electron chi connectivity index (χ3n) is 6.02. The van der Waals surface area contributed by atoms with Crippen LogP contribution in [0, 0.1) is 0 Å². The zero-order chi connectivity index (χ0) is 19.3. The Labute approximate surface area is 165 Å². The first-order valence-electron chi connectivity index (χ1n) is 9.95. The van der Waals surface area contributed by atoms with Crippen LogP contribution in [0.15, 0.2) is 66.2 Å². The predicted octanol–water partition coefficient (Wildman–Crippen LogP) is 5.58. The van der Waals surface area contributed by atoms with Gasteiger partial charge in [-0.2, -0.15) is 0 Å². The lowest BCUT2D eigenvalue weighted by atomic mass is 9.77. The lowest BCUT2D eigenvalue weighted by molar-refractivity contribution is -0.114. The van der Waals surface area contributed by atoms with Crippen LogP contribution in [-0.4, -0.2) is 19.9 Å². The Morgan fingerprint density at radius 2 is 1.71 bits per heavy atom. The van der Waals surface area contributed by atoms with E-state index in [9.17, 15) is 4.79 Å². The quantitative estimate of drug-likeness (QED) is 0.641. The molecule has 1 heterocycles. The Bertz CT molecular complexity index is 1110. The Hall–Kier alpha value is -3.07. The maximum atomic E-state index is 13.1. The number of fused-ring (bicyclic) bond motifs is 4. The van der Waals surface area contributed by atoms with Crippen molar-refractivity contribution in [3.8, 4) is 0 Å². The van der Waals surface area contributed by atoms with Gasteiger partial charge in [-0.1, -0.05) is 42.5 Å². The third kappa shape index (κ3) is 2.62. The minimum atomic E-state index is 0.0594. The zero-order valence-electron chi connectivity index (χ0n) is 16.3. The van der Waals surface area contributed by atoms with Gasteiger partial charge in [-0.3, -0.25) is 4.79 Å². The lowest BCUT2D eigenvalue weighted by Crippen LogP contribution is -2.25. The Balaban J connectivity index is 1.71. The Morgan fingerprint density at radius 1 is 0.929 bits per heavy atom. The molecule has 0 amide bonds. The summed E-state index contributed by atoms with van der Waals surface area (Å²) in [7, 11) is 4.10. The zero-order valence-corrected chi connectivity index (χ0v) is 16.3. The smallest absolute Gasteiger partial charge is 0.163 e. The molecule has 0 bridgehead atoms. The largest absolute Gasteiger partial charge is 0.378 e. The summed E-state index contributed by atoms with van der Waals surface area (Å²) >= 11 is 0. The van der Waals surface area contributed by atoms with E-state index in [1.165, 1.54) is 22.2 Å². The van der Waals surface area contributed by atoms with Crippen LogP contribution < -0.4 is 10.2 Å². The van der Waals surface area contributed by atoms with E-state index in [4.69, 9.17) is 0 Å². The fourth-order valence-corrected chi connectivity index (χ4v) is 4.61. The fourth-order valence-electron chi connectivity index (χ4n) is 4.61. The number of allylic oxidation sites excluding steroid dienone is 1. The number of rotatable bonds is 2. The molecule has 3 aromatic rings. The highest BCUT2D eigenvalue weighted by molar-refractivity contribution is 6.27. The standard InChI is InChI=1S/C25H24N2O/c1-27(2)18-13-10-17(11-14-18)25-20-8-5-9-22(28)24(20)23-19-7-4-3-6-16(19)12-15-21(23)26-25/h3-4,6-7,10-15,25-26H,5,8-9H2,1-2H3/t25-/m0/s1. The molecular formula is C25H24N2O. The van der Waals surface area contributed by atoms with Crippen molar-refractivity contribution in [3.63, 3.8) is 0 Å². The molecule has 5 rings (SSSR count). The maximum Gasteiger partial charge on any atom is 0.163 e. The van der Waals surface area contributed by atoms with E-state index in [0.29, 0.717) is 6.42 Å². The summed E-state index contributed by atoms with van der Waals surface area (Å²) in [6.45, 7) is 0. The molecule has 0 radical (unpaired) electrons. The van der Waals surface area contributed by atoms with Gasteiger partial charge in [-0.25, -0.2) is 0 Å². The molecule has 0 spiro atoms. The van der Waals surface area contributed by atoms with Crippen molar-refractivity contribution in [2.24, 2.45) is 0 Å². The monoisotopic (exact) mass is 368 g/mol. The first kappa shape index (κ1) is 17.1. The Morgan fingerprint density at radius 3 is 2.50 bits per heavy atom. The SMILES string of the molecule is CN(C)c1ccc([C@@H]2Nc3ccc4ccccc4c3C3=C2CCCC3=O)cc1. The summed E-state index contributed by atoms with van der Waals surface area (Å²) in [5, 5.41) is 6.10. The first-order chi connectivity index (χ1) is 13.6. The molecule has 1 N–H and O–H groups in total. The van der Waals surface area contributed by atoms with Crippen LogP contribution >= 0.6 is 0 Å². The van der Waals surface area contributed by atoms with Gasteiger partial charge < -0.3 is 10.2 Å². The second-order valence-corrected chi connectivity index (χ2v) is 7.95. The number of hydrogen-bond acceptors (Lipinski definition) is 3. The van der Waals surface area contributed by atoms with Gasteiger partial charge >= 0.3 is 0 Å². The van der Waals surface area contributed by atoms with Crippen LogP contribution in [0.4, 0.5) is 11.4 Å². The Kier molecular flexibility index (Phi) is 3.97. The van der Waals surface area contributed by atoms with Crippen LogP contribution in [0.5, 0.6) is 0 Å². The summed E-state index contributed by atoms with van der Waals surface area (Å²) in [5.41, 5.74) is 6.76. The molecule has 1 atom stereocenters. The van der Waals surface area contributed by atoms with E-state index in [1.54, 1.807) is 0 Å². The van der Waals surface area contributed by atoms with E-state index in [0.717, 1.165) is 35.1 Å². The van der Waals surface area contributed by atoms with Gasteiger partial charge in [0.1, 0.15) is 0 Å². The van der Waals surface area contributed by atoms with E-state index >= 15 is 0 Å². The second kappa shape index (κ2) is 6.52. The molecular weight excluding hydrogens is 344 g/mol. The van der Waals surface area contributed by atoms with Crippen LogP contribution in [0.1, 0.15) is 36.4 Å². The van der Waals surface area contributed by atoms with Crippen molar-refractivity contribution >= 4 is 33.5 Å². The number of Topliss-reactive ketones (excluding diaryl/α,β-unsaturated/α-hetero) is 1. The van der Waals surface area contributed by atoms with E-state index < -0.39 is 0 Å². The van der Waals surface area contributed by atoms with Gasteiger partial charge in [0.15, 0.2) is 5.78 Å². The lowest BCUT2D eigenvalue weighted by Gasteiger charge is -2.35. The van der Waals surface area contributed by atoms with Crippen LogP contribution in [0.25, 0.3) is 16.3 Å². The summed E-state index contributed by atoms with van der Waals surface area (Å²) in [6, 6.07) is 21.4. The van der Waals surface area contributed by atoms with E-state index in [2.05, 4.69) is 85.0 Å². The predicted molar refractivity (Wildman–Crippen MR) is 117 cm³/mol. The van der Waals surface area contributed by atoms with E-state index in [1.807, 2.05) is 0 Å². The molecule has 2 aliphatic rings. The van der Waals surface area contributed by atoms with Crippen LogP contribution in [0.3, 0.4) is 0 Å². The molecule has 3 heteroatoms. The molecule has 3 aromatic carbocycles. The highest BCUT2D eigenvalue weighted by Crippen LogP contribution is 2.47. The van der Waals surface area contributed by atoms with Gasteiger partial charge in [0, 0.05) is 43.0 Å². The van der Waals surface area contributed by atoms with Crippen molar-refractivity contribution in [1.82, 2.24) is 0 Å².